The Balaban J connectivity index is 2.39. The number of nitrogens with one attached hydrogen (secondary N) is 1. The zero-order valence-corrected chi connectivity index (χ0v) is 10.6. The lowest BCUT2D eigenvalue weighted by Crippen LogP contribution is -2.32. The standard InChI is InChI=1S/C11H16N2O4S/c1-4-2-5(11(18)13-10(4)12)9-8(16)7(15)6(3-14)17-9/h2,6-9,14-16H,3H2,1H3,(H3,12,13,18)/t6-,7-,8-,9+/m1/s1. The van der Waals surface area contributed by atoms with Crippen molar-refractivity contribution in [2.75, 3.05) is 12.3 Å². The highest BCUT2D eigenvalue weighted by molar-refractivity contribution is 7.71. The molecule has 0 spiro atoms. The monoisotopic (exact) mass is 272 g/mol. The first-order valence-electron chi connectivity index (χ1n) is 5.57. The van der Waals surface area contributed by atoms with Crippen LogP contribution in [0, 0.1) is 11.6 Å². The van der Waals surface area contributed by atoms with Gasteiger partial charge in [-0.25, -0.2) is 0 Å². The second-order valence-corrected chi connectivity index (χ2v) is 4.82. The molecule has 18 heavy (non-hydrogen) atoms. The van der Waals surface area contributed by atoms with E-state index in [2.05, 4.69) is 4.98 Å². The van der Waals surface area contributed by atoms with Crippen LogP contribution in [0.25, 0.3) is 0 Å². The molecule has 0 bridgehead atoms. The van der Waals surface area contributed by atoms with Crippen molar-refractivity contribution < 1.29 is 20.1 Å². The zero-order chi connectivity index (χ0) is 13.4. The molecule has 0 saturated carbocycles. The number of aromatic nitrogens is 1. The van der Waals surface area contributed by atoms with Gasteiger partial charge in [-0.3, -0.25) is 0 Å². The average Bonchev–Trinajstić information content (AvgIpc) is 2.61. The quantitative estimate of drug-likeness (QED) is 0.476. The van der Waals surface area contributed by atoms with E-state index in [4.69, 9.17) is 27.8 Å². The Morgan fingerprint density at radius 2 is 2.11 bits per heavy atom. The third kappa shape index (κ3) is 2.15. The number of hydrogen-bond acceptors (Lipinski definition) is 6. The third-order valence-corrected chi connectivity index (χ3v) is 3.49. The van der Waals surface area contributed by atoms with Crippen LogP contribution in [0.4, 0.5) is 5.82 Å². The van der Waals surface area contributed by atoms with Gasteiger partial charge in [0.25, 0.3) is 0 Å². The van der Waals surface area contributed by atoms with E-state index in [1.54, 1.807) is 13.0 Å². The van der Waals surface area contributed by atoms with E-state index in [1.807, 2.05) is 0 Å². The van der Waals surface area contributed by atoms with Gasteiger partial charge in [-0.15, -0.1) is 0 Å². The fourth-order valence-electron chi connectivity index (χ4n) is 2.04. The largest absolute Gasteiger partial charge is 0.394 e. The number of nitrogen functional groups attached to an aromatic ring is 1. The maximum Gasteiger partial charge on any atom is 0.114 e. The third-order valence-electron chi connectivity index (χ3n) is 3.16. The molecular weight excluding hydrogens is 256 g/mol. The number of aliphatic hydroxyl groups excluding tert-OH is 3. The summed E-state index contributed by atoms with van der Waals surface area (Å²) < 4.78 is 5.77. The van der Waals surface area contributed by atoms with Gasteiger partial charge in [-0.1, -0.05) is 12.2 Å². The fraction of sp³-hybridized carbons (Fsp3) is 0.545. The van der Waals surface area contributed by atoms with Crippen LogP contribution in [0.3, 0.4) is 0 Å². The highest BCUT2D eigenvalue weighted by atomic mass is 32.1. The molecule has 1 fully saturated rings. The average molecular weight is 272 g/mol. The second kappa shape index (κ2) is 4.94. The van der Waals surface area contributed by atoms with Gasteiger partial charge in [0, 0.05) is 5.56 Å². The molecule has 6 N–H and O–H groups in total. The van der Waals surface area contributed by atoms with Crippen molar-refractivity contribution in [1.29, 1.82) is 0 Å². The lowest BCUT2D eigenvalue weighted by molar-refractivity contribution is -0.0229. The van der Waals surface area contributed by atoms with Crippen molar-refractivity contribution in [2.45, 2.75) is 31.3 Å². The molecule has 100 valence electrons. The zero-order valence-electron chi connectivity index (χ0n) is 9.83. The minimum absolute atomic E-state index is 0.355. The molecule has 1 aliphatic heterocycles. The molecular formula is C11H16N2O4S. The van der Waals surface area contributed by atoms with E-state index in [0.29, 0.717) is 16.0 Å². The van der Waals surface area contributed by atoms with Crippen LogP contribution in [0.1, 0.15) is 17.2 Å². The summed E-state index contributed by atoms with van der Waals surface area (Å²) in [6.07, 6.45) is -3.83. The van der Waals surface area contributed by atoms with Crippen LogP contribution in [0.2, 0.25) is 0 Å². The van der Waals surface area contributed by atoms with Gasteiger partial charge in [-0.05, 0) is 18.6 Å². The van der Waals surface area contributed by atoms with Gasteiger partial charge in [0.15, 0.2) is 0 Å². The van der Waals surface area contributed by atoms with E-state index in [1.165, 1.54) is 0 Å². The summed E-state index contributed by atoms with van der Waals surface area (Å²) in [5.74, 6) is 0.454. The summed E-state index contributed by atoms with van der Waals surface area (Å²) in [5.41, 5.74) is 7.02. The number of ether oxygens (including phenoxy) is 1. The van der Waals surface area contributed by atoms with E-state index < -0.39 is 24.4 Å². The Morgan fingerprint density at radius 3 is 2.67 bits per heavy atom. The Kier molecular flexibility index (Phi) is 3.69. The molecule has 0 radical (unpaired) electrons. The summed E-state index contributed by atoms with van der Waals surface area (Å²) in [4.78, 5) is 2.81. The van der Waals surface area contributed by atoms with E-state index >= 15 is 0 Å². The van der Waals surface area contributed by atoms with Crippen LogP contribution < -0.4 is 5.73 Å². The molecule has 0 unspecified atom stereocenters. The van der Waals surface area contributed by atoms with Gasteiger partial charge in [0.05, 0.1) is 6.61 Å². The van der Waals surface area contributed by atoms with Gasteiger partial charge in [0.2, 0.25) is 0 Å². The Bertz CT molecular complexity index is 504. The van der Waals surface area contributed by atoms with Crippen molar-refractivity contribution in [3.63, 3.8) is 0 Å². The van der Waals surface area contributed by atoms with Crippen molar-refractivity contribution in [2.24, 2.45) is 0 Å². The number of aryl methyl sites for hydroxylation is 1. The van der Waals surface area contributed by atoms with Crippen molar-refractivity contribution in [1.82, 2.24) is 4.98 Å². The second-order valence-electron chi connectivity index (χ2n) is 4.41. The van der Waals surface area contributed by atoms with Crippen molar-refractivity contribution >= 4 is 18.0 Å². The highest BCUT2D eigenvalue weighted by Crippen LogP contribution is 2.34. The summed E-state index contributed by atoms with van der Waals surface area (Å²) in [7, 11) is 0. The van der Waals surface area contributed by atoms with Crippen LogP contribution in [-0.4, -0.2) is 45.2 Å². The molecule has 1 aliphatic rings. The number of nitrogens with two attached hydrogens (primary N) is 1. The molecule has 1 aromatic rings. The number of H-pyrrole nitrogens is 1. The van der Waals surface area contributed by atoms with Gasteiger partial charge >= 0.3 is 0 Å². The molecule has 0 aliphatic carbocycles. The smallest absolute Gasteiger partial charge is 0.114 e. The summed E-state index contributed by atoms with van der Waals surface area (Å²) in [6.45, 7) is 1.44. The lowest BCUT2D eigenvalue weighted by atomic mass is 10.0. The maximum absolute atomic E-state index is 9.92. The maximum atomic E-state index is 9.92. The summed E-state index contributed by atoms with van der Waals surface area (Å²) in [6, 6.07) is 1.72. The van der Waals surface area contributed by atoms with Gasteiger partial charge in [-0.2, -0.15) is 0 Å². The molecule has 4 atom stereocenters. The van der Waals surface area contributed by atoms with E-state index in [0.717, 1.165) is 5.56 Å². The molecule has 2 rings (SSSR count). The topological polar surface area (TPSA) is 112 Å². The number of hydrogen-bond donors (Lipinski definition) is 5. The van der Waals surface area contributed by atoms with Crippen molar-refractivity contribution in [3.05, 3.63) is 21.8 Å². The number of aliphatic hydroxyl groups is 3. The molecule has 2 heterocycles. The fourth-order valence-corrected chi connectivity index (χ4v) is 2.32. The first-order valence-corrected chi connectivity index (χ1v) is 5.98. The predicted octanol–water partition coefficient (Wildman–Crippen LogP) is -0.211. The van der Waals surface area contributed by atoms with Gasteiger partial charge < -0.3 is 30.8 Å². The van der Waals surface area contributed by atoms with Crippen LogP contribution >= 0.6 is 12.2 Å². The van der Waals surface area contributed by atoms with Crippen molar-refractivity contribution in [3.8, 4) is 0 Å². The molecule has 1 saturated heterocycles. The van der Waals surface area contributed by atoms with E-state index in [-0.39, 0.29) is 6.61 Å². The SMILES string of the molecule is Cc1cc([C@@H]2O[C@H](CO)[C@@H](O)[C@H]2O)c(=S)[nH]c1N. The molecule has 6 nitrogen and oxygen atoms in total. The van der Waals surface area contributed by atoms with Gasteiger partial charge in [0.1, 0.15) is 34.9 Å². The van der Waals surface area contributed by atoms with E-state index in [9.17, 15) is 10.2 Å². The summed E-state index contributed by atoms with van der Waals surface area (Å²) in [5, 5.41) is 28.7. The number of anilines is 1. The minimum Gasteiger partial charge on any atom is -0.394 e. The van der Waals surface area contributed by atoms with Crippen LogP contribution in [0.5, 0.6) is 0 Å². The number of pyridine rings is 1. The summed E-state index contributed by atoms with van der Waals surface area (Å²) >= 11 is 5.13. The first kappa shape index (κ1) is 13.4. The molecule has 0 amide bonds. The number of rotatable bonds is 2. The minimum atomic E-state index is -1.13. The number of aromatic amines is 1. The molecule has 0 aromatic carbocycles. The Hall–Kier alpha value is -0.990. The molecule has 7 heteroatoms. The normalized spacial score (nSPS) is 31.8. The highest BCUT2D eigenvalue weighted by Gasteiger charge is 2.43. The van der Waals surface area contributed by atoms with Crippen LogP contribution in [0.15, 0.2) is 6.07 Å². The lowest BCUT2D eigenvalue weighted by Gasteiger charge is -2.16. The van der Waals surface area contributed by atoms with Crippen LogP contribution in [-0.2, 0) is 4.74 Å². The molecule has 1 aromatic heterocycles. The predicted molar refractivity (Wildman–Crippen MR) is 67.5 cm³/mol. The Morgan fingerprint density at radius 1 is 1.44 bits per heavy atom. The Labute approximate surface area is 109 Å². The first-order chi connectivity index (χ1) is 8.45.